The number of barbiturate groups is 1. The third-order valence-electron chi connectivity index (χ3n) is 5.03. The molecule has 2 aromatic rings. The fourth-order valence-electron chi connectivity index (χ4n) is 3.36. The molecular weight excluding hydrogens is 455 g/mol. The monoisotopic (exact) mass is 470 g/mol. The summed E-state index contributed by atoms with van der Waals surface area (Å²) in [5, 5.41) is 8.04. The summed E-state index contributed by atoms with van der Waals surface area (Å²) in [7, 11) is 0. The maximum Gasteiger partial charge on any atom is 0.335 e. The van der Waals surface area contributed by atoms with Crippen molar-refractivity contribution in [1.82, 2.24) is 5.32 Å². The average Bonchev–Trinajstić information content (AvgIpc) is 3.01. The number of nitrogens with zero attached hydrogens (tertiary/aromatic N) is 3. The van der Waals surface area contributed by atoms with E-state index in [1.807, 2.05) is 6.92 Å². The van der Waals surface area contributed by atoms with Crippen molar-refractivity contribution in [3.05, 3.63) is 69.7 Å². The van der Waals surface area contributed by atoms with Gasteiger partial charge >= 0.3 is 6.03 Å². The molecule has 1 fully saturated rings. The van der Waals surface area contributed by atoms with Gasteiger partial charge in [-0.05, 0) is 50.3 Å². The summed E-state index contributed by atoms with van der Waals surface area (Å²) in [6.07, 6.45) is 1.21. The van der Waals surface area contributed by atoms with E-state index in [2.05, 4.69) is 10.4 Å². The zero-order chi connectivity index (χ0) is 23.2. The SMILES string of the molecule is CC1=NN(c2cc(Cl)ccc2Cl)C(=O)/C1=C\C1C(=O)NC(=O)N(c2ccc(C)cc2)C1=O. The van der Waals surface area contributed by atoms with Crippen molar-refractivity contribution in [3.8, 4) is 0 Å². The molecule has 162 valence electrons. The number of rotatable bonds is 3. The quantitative estimate of drug-likeness (QED) is 0.543. The number of urea groups is 1. The lowest BCUT2D eigenvalue weighted by Crippen LogP contribution is -2.58. The van der Waals surface area contributed by atoms with Crippen molar-refractivity contribution in [3.63, 3.8) is 0 Å². The Morgan fingerprint density at radius 2 is 1.69 bits per heavy atom. The predicted octanol–water partition coefficient (Wildman–Crippen LogP) is 3.85. The lowest BCUT2D eigenvalue weighted by Gasteiger charge is -2.29. The summed E-state index contributed by atoms with van der Waals surface area (Å²) in [6.45, 7) is 3.43. The lowest BCUT2D eigenvalue weighted by molar-refractivity contribution is -0.132. The number of nitrogens with one attached hydrogen (secondary N) is 1. The van der Waals surface area contributed by atoms with Gasteiger partial charge in [0, 0.05) is 5.02 Å². The van der Waals surface area contributed by atoms with Crippen LogP contribution in [0.4, 0.5) is 16.2 Å². The number of benzene rings is 2. The highest BCUT2D eigenvalue weighted by atomic mass is 35.5. The van der Waals surface area contributed by atoms with Gasteiger partial charge < -0.3 is 0 Å². The molecule has 10 heteroatoms. The minimum Gasteiger partial charge on any atom is -0.276 e. The maximum atomic E-state index is 13.1. The Hall–Kier alpha value is -3.49. The van der Waals surface area contributed by atoms with Crippen molar-refractivity contribution in [2.45, 2.75) is 13.8 Å². The molecule has 1 atom stereocenters. The molecule has 1 unspecified atom stereocenters. The molecule has 1 saturated heterocycles. The number of anilines is 2. The zero-order valence-corrected chi connectivity index (χ0v) is 18.4. The van der Waals surface area contributed by atoms with Crippen LogP contribution in [-0.4, -0.2) is 29.5 Å². The highest BCUT2D eigenvalue weighted by molar-refractivity contribution is 6.38. The van der Waals surface area contributed by atoms with Crippen LogP contribution in [0.15, 0.2) is 59.2 Å². The van der Waals surface area contributed by atoms with Crippen LogP contribution in [-0.2, 0) is 14.4 Å². The number of imide groups is 2. The predicted molar refractivity (Wildman–Crippen MR) is 121 cm³/mol. The average molecular weight is 471 g/mol. The first-order chi connectivity index (χ1) is 15.2. The second-order valence-corrected chi connectivity index (χ2v) is 8.10. The van der Waals surface area contributed by atoms with Crippen molar-refractivity contribution >= 4 is 64.0 Å². The molecule has 2 aliphatic heterocycles. The maximum absolute atomic E-state index is 13.1. The highest BCUT2D eigenvalue weighted by Gasteiger charge is 2.42. The van der Waals surface area contributed by atoms with Crippen molar-refractivity contribution in [2.24, 2.45) is 11.0 Å². The molecule has 0 spiro atoms. The van der Waals surface area contributed by atoms with Crippen LogP contribution in [0.3, 0.4) is 0 Å². The van der Waals surface area contributed by atoms with Crippen LogP contribution in [0.2, 0.25) is 10.0 Å². The highest BCUT2D eigenvalue weighted by Crippen LogP contribution is 2.33. The number of halogens is 2. The van der Waals surface area contributed by atoms with Crippen molar-refractivity contribution in [1.29, 1.82) is 0 Å². The fraction of sp³-hybridized carbons (Fsp3) is 0.136. The van der Waals surface area contributed by atoms with Gasteiger partial charge in [0.15, 0.2) is 0 Å². The molecule has 0 saturated carbocycles. The standard InChI is InChI=1S/C22H16Cl2N4O4/c1-11-3-6-14(7-4-11)27-20(30)16(19(29)25-22(27)32)10-15-12(2)26-28(21(15)31)18-9-13(23)5-8-17(18)24/h3-10,16H,1-2H3,(H,25,29,32)/b15-10-. The number of hydrazone groups is 1. The number of carbonyl (C=O) groups excluding carboxylic acids is 4. The van der Waals surface area contributed by atoms with Gasteiger partial charge in [-0.15, -0.1) is 0 Å². The Morgan fingerprint density at radius 3 is 2.38 bits per heavy atom. The molecule has 2 heterocycles. The molecule has 8 nitrogen and oxygen atoms in total. The second kappa shape index (κ2) is 8.22. The van der Waals surface area contributed by atoms with Gasteiger partial charge in [-0.3, -0.25) is 19.7 Å². The Morgan fingerprint density at radius 1 is 1.00 bits per heavy atom. The molecule has 5 amide bonds. The number of amides is 5. The van der Waals surface area contributed by atoms with E-state index < -0.39 is 29.7 Å². The van der Waals surface area contributed by atoms with Gasteiger partial charge in [0.2, 0.25) is 5.91 Å². The Balaban J connectivity index is 1.68. The first kappa shape index (κ1) is 21.7. The number of hydrogen-bond donors (Lipinski definition) is 1. The van der Waals surface area contributed by atoms with Gasteiger partial charge in [0.05, 0.1) is 27.7 Å². The van der Waals surface area contributed by atoms with E-state index in [1.165, 1.54) is 18.2 Å². The molecule has 1 N–H and O–H groups in total. The normalized spacial score (nSPS) is 20.2. The van der Waals surface area contributed by atoms with Gasteiger partial charge in [-0.1, -0.05) is 40.9 Å². The van der Waals surface area contributed by atoms with E-state index >= 15 is 0 Å². The summed E-state index contributed by atoms with van der Waals surface area (Å²) < 4.78 is 0. The largest absolute Gasteiger partial charge is 0.335 e. The Bertz CT molecular complexity index is 1240. The van der Waals surface area contributed by atoms with Crippen LogP contribution in [0.1, 0.15) is 12.5 Å². The van der Waals surface area contributed by atoms with Crippen molar-refractivity contribution < 1.29 is 19.2 Å². The van der Waals surface area contributed by atoms with Gasteiger partial charge in [0.1, 0.15) is 5.92 Å². The molecule has 32 heavy (non-hydrogen) atoms. The number of carbonyl (C=O) groups is 4. The molecule has 0 radical (unpaired) electrons. The Labute approximate surface area is 193 Å². The first-order valence-electron chi connectivity index (χ1n) is 9.49. The molecule has 0 aromatic heterocycles. The third kappa shape index (κ3) is 3.79. The zero-order valence-electron chi connectivity index (χ0n) is 16.9. The topological polar surface area (TPSA) is 99.2 Å². The van der Waals surface area contributed by atoms with E-state index in [0.717, 1.165) is 15.5 Å². The fourth-order valence-corrected chi connectivity index (χ4v) is 3.73. The van der Waals surface area contributed by atoms with Gasteiger partial charge in [-0.25, -0.2) is 9.69 Å². The van der Waals surface area contributed by atoms with Gasteiger partial charge in [-0.2, -0.15) is 10.1 Å². The molecule has 0 aliphatic carbocycles. The van der Waals surface area contributed by atoms with E-state index in [9.17, 15) is 19.2 Å². The van der Waals surface area contributed by atoms with E-state index in [-0.39, 0.29) is 22.0 Å². The summed E-state index contributed by atoms with van der Waals surface area (Å²) in [5.41, 5.74) is 1.85. The van der Waals surface area contributed by atoms with Crippen molar-refractivity contribution in [2.75, 3.05) is 9.91 Å². The van der Waals surface area contributed by atoms with Crippen LogP contribution in [0, 0.1) is 12.8 Å². The lowest BCUT2D eigenvalue weighted by atomic mass is 9.98. The molecule has 2 aromatic carbocycles. The van der Waals surface area contributed by atoms with E-state index in [0.29, 0.717) is 10.7 Å². The summed E-state index contributed by atoms with van der Waals surface area (Å²) in [4.78, 5) is 51.8. The smallest absolute Gasteiger partial charge is 0.276 e. The molecule has 2 aliphatic rings. The summed E-state index contributed by atoms with van der Waals surface area (Å²) >= 11 is 12.2. The van der Waals surface area contributed by atoms with Gasteiger partial charge in [0.25, 0.3) is 11.8 Å². The van der Waals surface area contributed by atoms with Crippen LogP contribution < -0.4 is 15.2 Å². The summed E-state index contributed by atoms with van der Waals surface area (Å²) in [5.74, 6) is -3.57. The molecule has 4 rings (SSSR count). The second-order valence-electron chi connectivity index (χ2n) is 7.26. The van der Waals surface area contributed by atoms with Crippen LogP contribution in [0.25, 0.3) is 0 Å². The van der Waals surface area contributed by atoms with Crippen LogP contribution >= 0.6 is 23.2 Å². The Kier molecular flexibility index (Phi) is 5.58. The first-order valence-corrected chi connectivity index (χ1v) is 10.3. The minimum atomic E-state index is -1.40. The minimum absolute atomic E-state index is 0.0488. The number of aryl methyl sites for hydroxylation is 1. The van der Waals surface area contributed by atoms with E-state index in [4.69, 9.17) is 23.2 Å². The summed E-state index contributed by atoms with van der Waals surface area (Å²) in [6, 6.07) is 10.4. The van der Waals surface area contributed by atoms with E-state index in [1.54, 1.807) is 37.3 Å². The molecule has 0 bridgehead atoms. The molecular formula is C22H16Cl2N4O4. The third-order valence-corrected chi connectivity index (χ3v) is 5.58. The number of hydrogen-bond acceptors (Lipinski definition) is 5. The van der Waals surface area contributed by atoms with Crippen LogP contribution in [0.5, 0.6) is 0 Å².